The summed E-state index contributed by atoms with van der Waals surface area (Å²) in [6.45, 7) is 3.49. The van der Waals surface area contributed by atoms with E-state index in [2.05, 4.69) is 15.8 Å². The smallest absolute Gasteiger partial charge is 0.329 e. The number of hydrogen-bond acceptors (Lipinski definition) is 3. The molecule has 0 saturated heterocycles. The van der Waals surface area contributed by atoms with E-state index in [9.17, 15) is 14.0 Å². The van der Waals surface area contributed by atoms with Gasteiger partial charge in [0, 0.05) is 6.04 Å². The molecule has 0 atom stereocenters. The summed E-state index contributed by atoms with van der Waals surface area (Å²) in [5.41, 5.74) is 2.69. The first-order chi connectivity index (χ1) is 8.49. The predicted molar refractivity (Wildman–Crippen MR) is 65.4 cm³/mol. The lowest BCUT2D eigenvalue weighted by molar-refractivity contribution is -0.139. The standard InChI is InChI=1S/C12H14FN3O2/c1-8(2)15-11(17)12(18)16-14-7-9-3-5-10(13)6-4-9/h3-8H,1-2H3,(H,15,17)(H,16,18)/b14-7-. The summed E-state index contributed by atoms with van der Waals surface area (Å²) in [6, 6.07) is 5.42. The molecule has 0 aliphatic rings. The summed E-state index contributed by atoms with van der Waals surface area (Å²) >= 11 is 0. The molecule has 0 bridgehead atoms. The fourth-order valence-corrected chi connectivity index (χ4v) is 1.09. The Kier molecular flexibility index (Phi) is 4.98. The number of hydrazone groups is 1. The van der Waals surface area contributed by atoms with Gasteiger partial charge in [0.05, 0.1) is 6.21 Å². The summed E-state index contributed by atoms with van der Waals surface area (Å²) in [6.07, 6.45) is 1.32. The Hall–Kier alpha value is -2.24. The monoisotopic (exact) mass is 251 g/mol. The molecular weight excluding hydrogens is 237 g/mol. The highest BCUT2D eigenvalue weighted by Crippen LogP contribution is 1.99. The Balaban J connectivity index is 2.47. The van der Waals surface area contributed by atoms with Crippen LogP contribution in [0.15, 0.2) is 29.4 Å². The summed E-state index contributed by atoms with van der Waals surface area (Å²) in [7, 11) is 0. The summed E-state index contributed by atoms with van der Waals surface area (Å²) < 4.78 is 12.6. The number of hydrogen-bond donors (Lipinski definition) is 2. The molecule has 0 heterocycles. The van der Waals surface area contributed by atoms with E-state index in [1.807, 2.05) is 0 Å². The molecule has 5 nitrogen and oxygen atoms in total. The molecule has 1 rings (SSSR count). The highest BCUT2D eigenvalue weighted by molar-refractivity contribution is 6.35. The summed E-state index contributed by atoms with van der Waals surface area (Å²) in [5.74, 6) is -1.95. The van der Waals surface area contributed by atoms with Crippen molar-refractivity contribution in [1.82, 2.24) is 10.7 Å². The van der Waals surface area contributed by atoms with Crippen LogP contribution in [-0.4, -0.2) is 24.1 Å². The quantitative estimate of drug-likeness (QED) is 0.474. The number of nitrogens with one attached hydrogen (secondary N) is 2. The van der Waals surface area contributed by atoms with Crippen molar-refractivity contribution in [2.24, 2.45) is 5.10 Å². The molecule has 6 heteroatoms. The SMILES string of the molecule is CC(C)NC(=O)C(=O)N/N=C\c1ccc(F)cc1. The Bertz CT molecular complexity index is 455. The van der Waals surface area contributed by atoms with Gasteiger partial charge in [-0.3, -0.25) is 9.59 Å². The van der Waals surface area contributed by atoms with Crippen molar-refractivity contribution in [2.75, 3.05) is 0 Å². The first-order valence-corrected chi connectivity index (χ1v) is 5.38. The minimum Gasteiger partial charge on any atom is -0.346 e. The van der Waals surface area contributed by atoms with Crippen molar-refractivity contribution in [3.8, 4) is 0 Å². The predicted octanol–water partition coefficient (Wildman–Crippen LogP) is 0.800. The Morgan fingerprint density at radius 1 is 1.22 bits per heavy atom. The van der Waals surface area contributed by atoms with Gasteiger partial charge in [0.1, 0.15) is 5.82 Å². The highest BCUT2D eigenvalue weighted by atomic mass is 19.1. The first-order valence-electron chi connectivity index (χ1n) is 5.38. The second-order valence-electron chi connectivity index (χ2n) is 3.88. The molecule has 2 amide bonds. The average Bonchev–Trinajstić information content (AvgIpc) is 2.30. The van der Waals surface area contributed by atoms with Gasteiger partial charge in [-0.25, -0.2) is 9.82 Å². The van der Waals surface area contributed by atoms with E-state index >= 15 is 0 Å². The van der Waals surface area contributed by atoms with Gasteiger partial charge < -0.3 is 5.32 Å². The third-order valence-corrected chi connectivity index (χ3v) is 1.88. The van der Waals surface area contributed by atoms with Gasteiger partial charge in [-0.05, 0) is 31.5 Å². The van der Waals surface area contributed by atoms with E-state index in [0.717, 1.165) is 0 Å². The molecule has 0 aromatic heterocycles. The van der Waals surface area contributed by atoms with Crippen LogP contribution in [0.25, 0.3) is 0 Å². The molecule has 0 spiro atoms. The molecule has 1 aromatic rings. The van der Waals surface area contributed by atoms with E-state index in [0.29, 0.717) is 5.56 Å². The van der Waals surface area contributed by atoms with E-state index in [-0.39, 0.29) is 11.9 Å². The van der Waals surface area contributed by atoms with Gasteiger partial charge in [0.25, 0.3) is 0 Å². The molecule has 0 unspecified atom stereocenters. The molecule has 0 aliphatic heterocycles. The maximum atomic E-state index is 12.6. The molecule has 0 fully saturated rings. The molecule has 18 heavy (non-hydrogen) atoms. The Morgan fingerprint density at radius 3 is 2.39 bits per heavy atom. The molecule has 2 N–H and O–H groups in total. The van der Waals surface area contributed by atoms with Crippen LogP contribution in [0.1, 0.15) is 19.4 Å². The molecule has 0 radical (unpaired) electrons. The van der Waals surface area contributed by atoms with Crippen molar-refractivity contribution < 1.29 is 14.0 Å². The molecule has 0 saturated carbocycles. The topological polar surface area (TPSA) is 70.6 Å². The van der Waals surface area contributed by atoms with Crippen LogP contribution in [0.2, 0.25) is 0 Å². The van der Waals surface area contributed by atoms with Crippen molar-refractivity contribution in [3.05, 3.63) is 35.6 Å². The van der Waals surface area contributed by atoms with Crippen molar-refractivity contribution in [2.45, 2.75) is 19.9 Å². The van der Waals surface area contributed by atoms with Crippen LogP contribution in [0.4, 0.5) is 4.39 Å². The molecule has 0 aliphatic carbocycles. The lowest BCUT2D eigenvalue weighted by Gasteiger charge is -2.05. The van der Waals surface area contributed by atoms with E-state index in [4.69, 9.17) is 0 Å². The maximum Gasteiger partial charge on any atom is 0.329 e. The second kappa shape index (κ2) is 6.48. The lowest BCUT2D eigenvalue weighted by atomic mass is 10.2. The van der Waals surface area contributed by atoms with Gasteiger partial charge in [-0.1, -0.05) is 12.1 Å². The summed E-state index contributed by atoms with van der Waals surface area (Å²) in [5, 5.41) is 6.02. The first kappa shape index (κ1) is 13.8. The van der Waals surface area contributed by atoms with Crippen LogP contribution < -0.4 is 10.7 Å². The average molecular weight is 251 g/mol. The third-order valence-electron chi connectivity index (χ3n) is 1.88. The van der Waals surface area contributed by atoms with Crippen LogP contribution in [0.5, 0.6) is 0 Å². The highest BCUT2D eigenvalue weighted by Gasteiger charge is 2.12. The zero-order valence-corrected chi connectivity index (χ0v) is 10.1. The van der Waals surface area contributed by atoms with Gasteiger partial charge in [-0.2, -0.15) is 5.10 Å². The van der Waals surface area contributed by atoms with Crippen LogP contribution in [0, 0.1) is 5.82 Å². The molecular formula is C12H14FN3O2. The van der Waals surface area contributed by atoms with Crippen molar-refractivity contribution >= 4 is 18.0 Å². The summed E-state index contributed by atoms with van der Waals surface area (Å²) in [4.78, 5) is 22.4. The number of carbonyl (C=O) groups excluding carboxylic acids is 2. The Morgan fingerprint density at radius 2 is 1.83 bits per heavy atom. The van der Waals surface area contributed by atoms with Gasteiger partial charge in [0.15, 0.2) is 0 Å². The minimum absolute atomic E-state index is 0.121. The molecule has 96 valence electrons. The molecule has 1 aromatic carbocycles. The fourth-order valence-electron chi connectivity index (χ4n) is 1.09. The third kappa shape index (κ3) is 4.73. The number of amides is 2. The number of benzene rings is 1. The normalized spacial score (nSPS) is 10.7. The minimum atomic E-state index is -0.845. The number of nitrogens with zero attached hydrogens (tertiary/aromatic N) is 1. The number of carbonyl (C=O) groups is 2. The number of rotatable bonds is 3. The lowest BCUT2D eigenvalue weighted by Crippen LogP contribution is -2.41. The van der Waals surface area contributed by atoms with E-state index < -0.39 is 11.8 Å². The van der Waals surface area contributed by atoms with Crippen LogP contribution in [0.3, 0.4) is 0 Å². The van der Waals surface area contributed by atoms with Gasteiger partial charge in [0.2, 0.25) is 0 Å². The van der Waals surface area contributed by atoms with Crippen molar-refractivity contribution in [1.29, 1.82) is 0 Å². The fraction of sp³-hybridized carbons (Fsp3) is 0.250. The van der Waals surface area contributed by atoms with Crippen molar-refractivity contribution in [3.63, 3.8) is 0 Å². The van der Waals surface area contributed by atoms with Gasteiger partial charge >= 0.3 is 11.8 Å². The van der Waals surface area contributed by atoms with Crippen LogP contribution >= 0.6 is 0 Å². The Labute approximate surface area is 104 Å². The van der Waals surface area contributed by atoms with E-state index in [1.165, 1.54) is 30.5 Å². The maximum absolute atomic E-state index is 12.6. The second-order valence-corrected chi connectivity index (χ2v) is 3.88. The number of halogens is 1. The van der Waals surface area contributed by atoms with Crippen LogP contribution in [-0.2, 0) is 9.59 Å². The largest absolute Gasteiger partial charge is 0.346 e. The van der Waals surface area contributed by atoms with E-state index in [1.54, 1.807) is 13.8 Å². The van der Waals surface area contributed by atoms with Gasteiger partial charge in [-0.15, -0.1) is 0 Å². The zero-order valence-electron chi connectivity index (χ0n) is 10.1. The zero-order chi connectivity index (χ0) is 13.5.